The Morgan fingerprint density at radius 3 is 3.00 bits per heavy atom. The largest absolute Gasteiger partial charge is 0.312 e. The van der Waals surface area contributed by atoms with Gasteiger partial charge in [-0.3, -0.25) is 10.1 Å². The Balaban J connectivity index is 2.41. The van der Waals surface area contributed by atoms with Crippen LogP contribution < -0.4 is 5.32 Å². The fourth-order valence-corrected chi connectivity index (χ4v) is 2.13. The van der Waals surface area contributed by atoms with Crippen LogP contribution in [0.3, 0.4) is 0 Å². The normalized spacial score (nSPS) is 10.3. The molecule has 0 bridgehead atoms. The lowest BCUT2D eigenvalue weighted by Crippen LogP contribution is -2.16. The van der Waals surface area contributed by atoms with Crippen molar-refractivity contribution in [1.29, 1.82) is 0 Å². The maximum Gasteiger partial charge on any atom is 0.272 e. The van der Waals surface area contributed by atoms with E-state index >= 15 is 0 Å². The van der Waals surface area contributed by atoms with E-state index in [1.165, 1.54) is 0 Å². The molecule has 98 valence electrons. The molecule has 0 aliphatic carbocycles. The average Bonchev–Trinajstić information content (AvgIpc) is 2.35. The molecule has 1 N–H and O–H groups in total. The van der Waals surface area contributed by atoms with Gasteiger partial charge in [0.05, 0.1) is 4.92 Å². The molecule has 0 fully saturated rings. The molecule has 0 saturated heterocycles. The van der Waals surface area contributed by atoms with Gasteiger partial charge in [0, 0.05) is 36.2 Å². The zero-order valence-electron chi connectivity index (χ0n) is 10.5. The molecule has 1 rings (SSSR count). The van der Waals surface area contributed by atoms with Crippen molar-refractivity contribution in [2.24, 2.45) is 0 Å². The molecule has 0 aliphatic heterocycles. The zero-order chi connectivity index (χ0) is 13.4. The fourth-order valence-electron chi connectivity index (χ4n) is 1.51. The van der Waals surface area contributed by atoms with Crippen LogP contribution in [0.5, 0.6) is 0 Å². The lowest BCUT2D eigenvalue weighted by molar-refractivity contribution is -0.385. The van der Waals surface area contributed by atoms with Crippen molar-refractivity contribution >= 4 is 17.4 Å². The number of thioether (sulfide) groups is 1. The third-order valence-electron chi connectivity index (χ3n) is 2.46. The molecule has 0 amide bonds. The third-order valence-corrected chi connectivity index (χ3v) is 3.42. The van der Waals surface area contributed by atoms with Crippen LogP contribution in [0.2, 0.25) is 0 Å². The Bertz CT molecular complexity index is 421. The minimum atomic E-state index is -0.335. The van der Waals surface area contributed by atoms with Gasteiger partial charge in [0.25, 0.3) is 5.69 Å². The predicted molar refractivity (Wildman–Crippen MR) is 77.1 cm³/mol. The van der Waals surface area contributed by atoms with Gasteiger partial charge in [0.1, 0.15) is 0 Å². The van der Waals surface area contributed by atoms with Gasteiger partial charge < -0.3 is 5.32 Å². The van der Waals surface area contributed by atoms with E-state index in [9.17, 15) is 10.1 Å². The van der Waals surface area contributed by atoms with Crippen LogP contribution in [0.25, 0.3) is 0 Å². The van der Waals surface area contributed by atoms with E-state index in [2.05, 4.69) is 11.9 Å². The van der Waals surface area contributed by atoms with Crippen LogP contribution in [0.15, 0.2) is 30.9 Å². The highest BCUT2D eigenvalue weighted by Crippen LogP contribution is 2.18. The lowest BCUT2D eigenvalue weighted by atomic mass is 10.1. The Hall–Kier alpha value is -1.33. The maximum atomic E-state index is 10.8. The van der Waals surface area contributed by atoms with Gasteiger partial charge in [-0.25, -0.2) is 0 Å². The number of nitrogens with one attached hydrogen (secondary N) is 1. The van der Waals surface area contributed by atoms with Gasteiger partial charge in [-0.05, 0) is 12.5 Å². The number of hydrogen-bond acceptors (Lipinski definition) is 4. The summed E-state index contributed by atoms with van der Waals surface area (Å²) in [5, 5.41) is 14.1. The van der Waals surface area contributed by atoms with Crippen LogP contribution >= 0.6 is 11.8 Å². The summed E-state index contributed by atoms with van der Waals surface area (Å²) in [7, 11) is 0. The Kier molecular flexibility index (Phi) is 6.46. The van der Waals surface area contributed by atoms with E-state index in [1.54, 1.807) is 19.1 Å². The standard InChI is InChI=1S/C13H18N2O2S/c1-3-7-18-8-6-14-10-12-5-4-11(2)13(9-12)15(16)17/h3-5,9,14H,1,6-8,10H2,2H3. The molecule has 5 heteroatoms. The number of nitrogens with zero attached hydrogens (tertiary/aromatic N) is 1. The smallest absolute Gasteiger partial charge is 0.272 e. The molecule has 0 aromatic heterocycles. The molecule has 0 atom stereocenters. The second-order valence-corrected chi connectivity index (χ2v) is 5.07. The van der Waals surface area contributed by atoms with Crippen LogP contribution in [0.4, 0.5) is 5.69 Å². The van der Waals surface area contributed by atoms with Crippen molar-refractivity contribution in [1.82, 2.24) is 5.32 Å². The van der Waals surface area contributed by atoms with Gasteiger partial charge >= 0.3 is 0 Å². The van der Waals surface area contributed by atoms with E-state index in [0.29, 0.717) is 12.1 Å². The monoisotopic (exact) mass is 266 g/mol. The first kappa shape index (κ1) is 14.7. The molecule has 18 heavy (non-hydrogen) atoms. The van der Waals surface area contributed by atoms with Crippen LogP contribution in [0.1, 0.15) is 11.1 Å². The molecule has 1 aromatic rings. The molecule has 0 spiro atoms. The first-order valence-electron chi connectivity index (χ1n) is 5.78. The summed E-state index contributed by atoms with van der Waals surface area (Å²) in [5.41, 5.74) is 1.83. The molecule has 0 heterocycles. The molecule has 0 aliphatic rings. The summed E-state index contributed by atoms with van der Waals surface area (Å²) < 4.78 is 0. The van der Waals surface area contributed by atoms with Crippen LogP contribution in [-0.2, 0) is 6.54 Å². The number of hydrogen-bond donors (Lipinski definition) is 1. The molecule has 4 nitrogen and oxygen atoms in total. The predicted octanol–water partition coefficient (Wildman–Crippen LogP) is 2.91. The zero-order valence-corrected chi connectivity index (χ0v) is 11.3. The summed E-state index contributed by atoms with van der Waals surface area (Å²) in [6, 6.07) is 5.35. The van der Waals surface area contributed by atoms with Crippen LogP contribution in [-0.4, -0.2) is 23.0 Å². The van der Waals surface area contributed by atoms with Crippen molar-refractivity contribution < 1.29 is 4.92 Å². The minimum Gasteiger partial charge on any atom is -0.312 e. The highest BCUT2D eigenvalue weighted by Gasteiger charge is 2.10. The van der Waals surface area contributed by atoms with E-state index in [4.69, 9.17) is 0 Å². The van der Waals surface area contributed by atoms with Crippen molar-refractivity contribution in [2.45, 2.75) is 13.5 Å². The Morgan fingerprint density at radius 1 is 1.56 bits per heavy atom. The van der Waals surface area contributed by atoms with Gasteiger partial charge in [0.15, 0.2) is 0 Å². The van der Waals surface area contributed by atoms with E-state index in [-0.39, 0.29) is 10.6 Å². The highest BCUT2D eigenvalue weighted by atomic mass is 32.2. The summed E-state index contributed by atoms with van der Waals surface area (Å²) >= 11 is 1.81. The number of rotatable bonds is 8. The molecule has 0 unspecified atom stereocenters. The SMILES string of the molecule is C=CCSCCNCc1ccc(C)c([N+](=O)[O-])c1. The molecule has 1 aromatic carbocycles. The second-order valence-electron chi connectivity index (χ2n) is 3.92. The average molecular weight is 266 g/mol. The number of aryl methyl sites for hydroxylation is 1. The van der Waals surface area contributed by atoms with E-state index in [0.717, 1.165) is 23.6 Å². The quantitative estimate of drug-likeness (QED) is 0.340. The molecular formula is C13H18N2O2S. The van der Waals surface area contributed by atoms with Crippen molar-refractivity contribution in [3.63, 3.8) is 0 Å². The van der Waals surface area contributed by atoms with E-state index < -0.39 is 0 Å². The van der Waals surface area contributed by atoms with E-state index in [1.807, 2.05) is 23.9 Å². The summed E-state index contributed by atoms with van der Waals surface area (Å²) in [6.07, 6.45) is 1.88. The second kappa shape index (κ2) is 7.89. The van der Waals surface area contributed by atoms with Crippen molar-refractivity contribution in [3.05, 3.63) is 52.1 Å². The topological polar surface area (TPSA) is 55.2 Å². The summed E-state index contributed by atoms with van der Waals surface area (Å²) in [5.74, 6) is 1.97. The van der Waals surface area contributed by atoms with Crippen molar-refractivity contribution in [3.8, 4) is 0 Å². The Labute approximate surface area is 112 Å². The Morgan fingerprint density at radius 2 is 2.33 bits per heavy atom. The van der Waals surface area contributed by atoms with Gasteiger partial charge in [-0.1, -0.05) is 18.2 Å². The van der Waals surface area contributed by atoms with Gasteiger partial charge in [-0.2, -0.15) is 11.8 Å². The third kappa shape index (κ3) is 4.89. The number of nitro benzene ring substituents is 1. The molecule has 0 radical (unpaired) electrons. The number of benzene rings is 1. The summed E-state index contributed by atoms with van der Waals surface area (Å²) in [4.78, 5) is 10.5. The maximum absolute atomic E-state index is 10.8. The summed E-state index contributed by atoms with van der Waals surface area (Å²) in [6.45, 7) is 6.96. The first-order chi connectivity index (χ1) is 8.65. The highest BCUT2D eigenvalue weighted by molar-refractivity contribution is 7.99. The minimum absolute atomic E-state index is 0.190. The van der Waals surface area contributed by atoms with Crippen molar-refractivity contribution in [2.75, 3.05) is 18.1 Å². The van der Waals surface area contributed by atoms with Gasteiger partial charge in [0.2, 0.25) is 0 Å². The van der Waals surface area contributed by atoms with Crippen LogP contribution in [0, 0.1) is 17.0 Å². The lowest BCUT2D eigenvalue weighted by Gasteiger charge is -2.05. The number of nitro groups is 1. The fraction of sp³-hybridized carbons (Fsp3) is 0.385. The molecular weight excluding hydrogens is 248 g/mol. The first-order valence-corrected chi connectivity index (χ1v) is 6.94. The van der Waals surface area contributed by atoms with Gasteiger partial charge in [-0.15, -0.1) is 6.58 Å². The molecule has 0 saturated carbocycles.